The fraction of sp³-hybridized carbons (Fsp3) is 0.130. The number of hydrogen-bond acceptors (Lipinski definition) is 5. The van der Waals surface area contributed by atoms with Crippen LogP contribution in [0.1, 0.15) is 27.6 Å². The highest BCUT2D eigenvalue weighted by atomic mass is 35.5. The molecule has 2 heterocycles. The number of hydrogen-bond donors (Lipinski definition) is 1. The van der Waals surface area contributed by atoms with Gasteiger partial charge in [-0.05, 0) is 63.2 Å². The molecule has 7 nitrogen and oxygen atoms in total. The molecular formula is C23H20ClN5O2. The summed E-state index contributed by atoms with van der Waals surface area (Å²) in [6, 6.07) is 17.6. The number of carbonyl (C=O) groups excluding carboxylic acids is 1. The minimum absolute atomic E-state index is 0.278. The van der Waals surface area contributed by atoms with E-state index < -0.39 is 0 Å². The molecular weight excluding hydrogens is 414 g/mol. The van der Waals surface area contributed by atoms with Gasteiger partial charge >= 0.3 is 0 Å². The monoisotopic (exact) mass is 433 g/mol. The van der Waals surface area contributed by atoms with Gasteiger partial charge in [-0.25, -0.2) is 9.67 Å². The van der Waals surface area contributed by atoms with Gasteiger partial charge in [0.25, 0.3) is 5.91 Å². The van der Waals surface area contributed by atoms with Gasteiger partial charge in [-0.2, -0.15) is 10.1 Å². The number of benzene rings is 2. The van der Waals surface area contributed by atoms with Crippen LogP contribution in [0.3, 0.4) is 0 Å². The third kappa shape index (κ3) is 4.73. The lowest BCUT2D eigenvalue weighted by atomic mass is 10.2. The Morgan fingerprint density at radius 1 is 1.00 bits per heavy atom. The standard InChI is InChI=1S/C23H20ClN5O2/c1-14-12-15(2)29(28-14)21-13-22(26-16(3)25-21)31-18-10-8-17(9-11-18)27-23(30)19-6-4-5-7-20(19)24/h4-13H,1-3H3,(H,27,30). The molecule has 0 spiro atoms. The first-order chi connectivity index (χ1) is 14.9. The van der Waals surface area contributed by atoms with Crippen molar-refractivity contribution in [2.75, 3.05) is 5.32 Å². The van der Waals surface area contributed by atoms with Gasteiger partial charge in [0.15, 0.2) is 5.82 Å². The molecule has 8 heteroatoms. The van der Waals surface area contributed by atoms with E-state index in [0.29, 0.717) is 39.5 Å². The summed E-state index contributed by atoms with van der Waals surface area (Å²) in [5.74, 6) is 1.91. The summed E-state index contributed by atoms with van der Waals surface area (Å²) in [6.45, 7) is 5.70. The first-order valence-electron chi connectivity index (χ1n) is 9.62. The smallest absolute Gasteiger partial charge is 0.257 e. The third-order valence-corrected chi connectivity index (χ3v) is 4.81. The number of halogens is 1. The Hall–Kier alpha value is -3.71. The molecule has 2 aromatic carbocycles. The van der Waals surface area contributed by atoms with Crippen molar-refractivity contribution < 1.29 is 9.53 Å². The quantitative estimate of drug-likeness (QED) is 0.462. The molecule has 0 unspecified atom stereocenters. The van der Waals surface area contributed by atoms with Crippen LogP contribution in [-0.2, 0) is 0 Å². The van der Waals surface area contributed by atoms with E-state index in [1.807, 2.05) is 19.9 Å². The fourth-order valence-corrected chi connectivity index (χ4v) is 3.34. The summed E-state index contributed by atoms with van der Waals surface area (Å²) in [4.78, 5) is 21.2. The Morgan fingerprint density at radius 2 is 1.74 bits per heavy atom. The van der Waals surface area contributed by atoms with Crippen LogP contribution in [0.2, 0.25) is 5.02 Å². The molecule has 156 valence electrons. The predicted octanol–water partition coefficient (Wildman–Crippen LogP) is 5.29. The number of rotatable bonds is 5. The third-order valence-electron chi connectivity index (χ3n) is 4.48. The van der Waals surface area contributed by atoms with Crippen molar-refractivity contribution in [3.05, 3.63) is 88.5 Å². The van der Waals surface area contributed by atoms with Gasteiger partial charge in [-0.1, -0.05) is 23.7 Å². The van der Waals surface area contributed by atoms with E-state index in [1.165, 1.54) is 0 Å². The highest BCUT2D eigenvalue weighted by Gasteiger charge is 2.11. The Labute approximate surface area is 184 Å². The number of carbonyl (C=O) groups is 1. The first kappa shape index (κ1) is 20.6. The van der Waals surface area contributed by atoms with Crippen molar-refractivity contribution >= 4 is 23.2 Å². The summed E-state index contributed by atoms with van der Waals surface area (Å²) in [5, 5.41) is 7.68. The van der Waals surface area contributed by atoms with Gasteiger partial charge in [0.2, 0.25) is 5.88 Å². The molecule has 0 saturated heterocycles. The zero-order valence-corrected chi connectivity index (χ0v) is 18.0. The zero-order chi connectivity index (χ0) is 22.0. The van der Waals surface area contributed by atoms with Crippen LogP contribution in [0.25, 0.3) is 5.82 Å². The lowest BCUT2D eigenvalue weighted by Gasteiger charge is -2.10. The van der Waals surface area contributed by atoms with Crippen molar-refractivity contribution in [2.45, 2.75) is 20.8 Å². The second-order valence-corrected chi connectivity index (χ2v) is 7.42. The normalized spacial score (nSPS) is 10.7. The minimum atomic E-state index is -0.278. The second-order valence-electron chi connectivity index (χ2n) is 7.01. The van der Waals surface area contributed by atoms with Crippen LogP contribution < -0.4 is 10.1 Å². The number of aromatic nitrogens is 4. The van der Waals surface area contributed by atoms with E-state index in [2.05, 4.69) is 20.4 Å². The summed E-state index contributed by atoms with van der Waals surface area (Å²) < 4.78 is 7.66. The molecule has 0 fully saturated rings. The van der Waals surface area contributed by atoms with Crippen LogP contribution in [-0.4, -0.2) is 25.7 Å². The van der Waals surface area contributed by atoms with Crippen molar-refractivity contribution in [2.24, 2.45) is 0 Å². The Kier molecular flexibility index (Phi) is 5.68. The van der Waals surface area contributed by atoms with Gasteiger partial charge < -0.3 is 10.1 Å². The number of nitrogens with one attached hydrogen (secondary N) is 1. The van der Waals surface area contributed by atoms with E-state index in [-0.39, 0.29) is 5.91 Å². The molecule has 31 heavy (non-hydrogen) atoms. The van der Waals surface area contributed by atoms with Crippen LogP contribution in [0.4, 0.5) is 5.69 Å². The highest BCUT2D eigenvalue weighted by molar-refractivity contribution is 6.34. The average Bonchev–Trinajstić information content (AvgIpc) is 3.07. The highest BCUT2D eigenvalue weighted by Crippen LogP contribution is 2.24. The Morgan fingerprint density at radius 3 is 2.42 bits per heavy atom. The first-order valence-corrected chi connectivity index (χ1v) is 10.00. The molecule has 0 radical (unpaired) electrons. The topological polar surface area (TPSA) is 81.9 Å². The Bertz CT molecular complexity index is 1250. The molecule has 0 aliphatic heterocycles. The maximum absolute atomic E-state index is 12.4. The molecule has 0 aliphatic rings. The number of anilines is 1. The Balaban J connectivity index is 1.50. The van der Waals surface area contributed by atoms with E-state index in [1.54, 1.807) is 66.2 Å². The SMILES string of the molecule is Cc1cc(C)n(-c2cc(Oc3ccc(NC(=O)c4ccccc4Cl)cc3)nc(C)n2)n1. The van der Waals surface area contributed by atoms with Gasteiger partial charge in [-0.15, -0.1) is 0 Å². The average molecular weight is 434 g/mol. The molecule has 1 N–H and O–H groups in total. The van der Waals surface area contributed by atoms with Gasteiger partial charge in [0.1, 0.15) is 11.6 Å². The molecule has 0 aliphatic carbocycles. The molecule has 4 rings (SSSR count). The van der Waals surface area contributed by atoms with E-state index in [9.17, 15) is 4.79 Å². The summed E-state index contributed by atoms with van der Waals surface area (Å²) in [6.07, 6.45) is 0. The number of ether oxygens (including phenoxy) is 1. The lowest BCUT2D eigenvalue weighted by molar-refractivity contribution is 0.102. The molecule has 0 atom stereocenters. The van der Waals surface area contributed by atoms with Crippen LogP contribution in [0.15, 0.2) is 60.7 Å². The number of nitrogens with zero attached hydrogens (tertiary/aromatic N) is 4. The summed E-state index contributed by atoms with van der Waals surface area (Å²) in [5.41, 5.74) is 2.92. The maximum atomic E-state index is 12.4. The maximum Gasteiger partial charge on any atom is 0.257 e. The summed E-state index contributed by atoms with van der Waals surface area (Å²) >= 11 is 6.08. The van der Waals surface area contributed by atoms with Crippen molar-refractivity contribution in [1.29, 1.82) is 0 Å². The number of amides is 1. The predicted molar refractivity (Wildman–Crippen MR) is 119 cm³/mol. The molecule has 1 amide bonds. The molecule has 4 aromatic rings. The summed E-state index contributed by atoms with van der Waals surface area (Å²) in [7, 11) is 0. The van der Waals surface area contributed by atoms with Crippen molar-refractivity contribution in [1.82, 2.24) is 19.7 Å². The lowest BCUT2D eigenvalue weighted by Crippen LogP contribution is -2.12. The van der Waals surface area contributed by atoms with E-state index in [0.717, 1.165) is 11.4 Å². The molecule has 0 bridgehead atoms. The minimum Gasteiger partial charge on any atom is -0.439 e. The van der Waals surface area contributed by atoms with Crippen LogP contribution >= 0.6 is 11.6 Å². The van der Waals surface area contributed by atoms with Crippen LogP contribution in [0.5, 0.6) is 11.6 Å². The zero-order valence-electron chi connectivity index (χ0n) is 17.3. The molecule has 2 aromatic heterocycles. The van der Waals surface area contributed by atoms with Crippen molar-refractivity contribution in [3.63, 3.8) is 0 Å². The second kappa shape index (κ2) is 8.57. The van der Waals surface area contributed by atoms with E-state index in [4.69, 9.17) is 16.3 Å². The fourth-order valence-electron chi connectivity index (χ4n) is 3.12. The van der Waals surface area contributed by atoms with Gasteiger partial charge in [-0.3, -0.25) is 4.79 Å². The molecule has 0 saturated carbocycles. The van der Waals surface area contributed by atoms with Gasteiger partial charge in [0.05, 0.1) is 16.3 Å². The van der Waals surface area contributed by atoms with E-state index >= 15 is 0 Å². The van der Waals surface area contributed by atoms with Gasteiger partial charge in [0, 0.05) is 17.4 Å². The number of aryl methyl sites for hydroxylation is 3. The van der Waals surface area contributed by atoms with Crippen LogP contribution in [0, 0.1) is 20.8 Å². The largest absolute Gasteiger partial charge is 0.439 e. The van der Waals surface area contributed by atoms with Crippen molar-refractivity contribution in [3.8, 4) is 17.4 Å².